The Kier molecular flexibility index (Phi) is 5.07. The van der Waals surface area contributed by atoms with Crippen molar-refractivity contribution in [3.8, 4) is 0 Å². The van der Waals surface area contributed by atoms with Crippen molar-refractivity contribution in [3.05, 3.63) is 20.3 Å². The summed E-state index contributed by atoms with van der Waals surface area (Å²) in [5, 5.41) is 1.19. The molecule has 0 amide bonds. The van der Waals surface area contributed by atoms with E-state index in [2.05, 4.69) is 24.9 Å². The molecule has 18 heavy (non-hydrogen) atoms. The molecule has 2 heterocycles. The first-order valence-electron chi connectivity index (χ1n) is 6.85. The number of nitrogens with zero attached hydrogens (tertiary/aromatic N) is 2. The fourth-order valence-electron chi connectivity index (χ4n) is 2.20. The number of thiophene rings is 1. The van der Waals surface area contributed by atoms with Crippen LogP contribution < -0.4 is 9.89 Å². The van der Waals surface area contributed by atoms with Gasteiger partial charge in [0.05, 0.1) is 4.34 Å². The van der Waals surface area contributed by atoms with E-state index in [0.29, 0.717) is 6.17 Å². The number of hydrogen-bond donors (Lipinski definition) is 0. The first kappa shape index (κ1) is 13.9. The molecule has 1 unspecified atom stereocenters. The van der Waals surface area contributed by atoms with Crippen molar-refractivity contribution in [2.24, 2.45) is 4.99 Å². The molecular weight excluding hydrogens is 264 g/mol. The number of fused-ring (bicyclic) bond motifs is 1. The van der Waals surface area contributed by atoms with E-state index < -0.39 is 0 Å². The maximum absolute atomic E-state index is 6.07. The molecule has 100 valence electrons. The predicted molar refractivity (Wildman–Crippen MR) is 79.5 cm³/mol. The Hall–Kier alpha value is -0.540. The average Bonchev–Trinajstić information content (AvgIpc) is 2.72. The fraction of sp³-hybridized carbons (Fsp3) is 0.643. The minimum absolute atomic E-state index is 0.318. The van der Waals surface area contributed by atoms with Crippen molar-refractivity contribution in [2.45, 2.75) is 52.1 Å². The largest absolute Gasteiger partial charge is 0.355 e. The Bertz CT molecular complexity index is 451. The summed E-state index contributed by atoms with van der Waals surface area (Å²) in [5.74, 6) is 0. The number of hydrogen-bond acceptors (Lipinski definition) is 3. The molecular formula is C14H21ClN2S. The van der Waals surface area contributed by atoms with E-state index in [4.69, 9.17) is 16.6 Å². The van der Waals surface area contributed by atoms with Crippen LogP contribution in [-0.2, 0) is 0 Å². The summed E-state index contributed by atoms with van der Waals surface area (Å²) in [4.78, 5) is 7.26. The first-order valence-corrected chi connectivity index (χ1v) is 8.04. The molecule has 0 spiro atoms. The van der Waals surface area contributed by atoms with Gasteiger partial charge in [-0.25, -0.2) is 4.99 Å². The molecule has 0 saturated heterocycles. The monoisotopic (exact) mass is 284 g/mol. The van der Waals surface area contributed by atoms with E-state index in [9.17, 15) is 0 Å². The molecule has 0 aliphatic carbocycles. The molecule has 0 bridgehead atoms. The molecule has 4 heteroatoms. The third-order valence-electron chi connectivity index (χ3n) is 3.25. The van der Waals surface area contributed by atoms with Crippen molar-refractivity contribution in [2.75, 3.05) is 6.54 Å². The van der Waals surface area contributed by atoms with Crippen LogP contribution in [0.3, 0.4) is 0 Å². The maximum atomic E-state index is 6.07. The molecule has 1 aliphatic heterocycles. The molecule has 1 atom stereocenters. The second-order valence-corrected chi connectivity index (χ2v) is 6.45. The van der Waals surface area contributed by atoms with E-state index in [1.165, 1.54) is 30.9 Å². The van der Waals surface area contributed by atoms with Gasteiger partial charge in [-0.1, -0.05) is 38.3 Å². The third kappa shape index (κ3) is 3.27. The van der Waals surface area contributed by atoms with Crippen LogP contribution in [0.2, 0.25) is 4.34 Å². The summed E-state index contributed by atoms with van der Waals surface area (Å²) in [7, 11) is 0. The van der Waals surface area contributed by atoms with Crippen molar-refractivity contribution < 1.29 is 0 Å². The highest BCUT2D eigenvalue weighted by Crippen LogP contribution is 2.16. The highest BCUT2D eigenvalue weighted by atomic mass is 35.5. The molecule has 2 rings (SSSR count). The molecule has 0 N–H and O–H groups in total. The van der Waals surface area contributed by atoms with Gasteiger partial charge in [0.1, 0.15) is 10.8 Å². The van der Waals surface area contributed by atoms with Crippen LogP contribution in [0.25, 0.3) is 6.20 Å². The summed E-state index contributed by atoms with van der Waals surface area (Å²) in [6.07, 6.45) is 8.62. The Morgan fingerprint density at radius 3 is 2.83 bits per heavy atom. The zero-order valence-electron chi connectivity index (χ0n) is 11.2. The van der Waals surface area contributed by atoms with E-state index in [1.807, 2.05) is 6.07 Å². The quantitative estimate of drug-likeness (QED) is 0.782. The minimum atomic E-state index is 0.318. The highest BCUT2D eigenvalue weighted by Gasteiger charge is 2.17. The van der Waals surface area contributed by atoms with Crippen molar-refractivity contribution >= 4 is 29.1 Å². The second kappa shape index (κ2) is 6.58. The average molecular weight is 285 g/mol. The molecule has 0 aromatic carbocycles. The number of unbranched alkanes of at least 4 members (excludes halogenated alkanes) is 2. The van der Waals surface area contributed by atoms with Gasteiger partial charge in [0.25, 0.3) is 0 Å². The van der Waals surface area contributed by atoms with E-state index >= 15 is 0 Å². The van der Waals surface area contributed by atoms with Gasteiger partial charge in [-0.2, -0.15) is 0 Å². The van der Waals surface area contributed by atoms with Crippen LogP contribution in [0.5, 0.6) is 0 Å². The minimum Gasteiger partial charge on any atom is -0.355 e. The van der Waals surface area contributed by atoms with Gasteiger partial charge < -0.3 is 4.90 Å². The number of halogens is 1. The van der Waals surface area contributed by atoms with Gasteiger partial charge in [-0.3, -0.25) is 0 Å². The molecule has 1 aromatic rings. The molecule has 1 aromatic heterocycles. The van der Waals surface area contributed by atoms with Gasteiger partial charge in [-0.05, 0) is 25.3 Å². The van der Waals surface area contributed by atoms with E-state index in [1.54, 1.807) is 11.3 Å². The van der Waals surface area contributed by atoms with Crippen LogP contribution in [0, 0.1) is 0 Å². The summed E-state index contributed by atoms with van der Waals surface area (Å²) in [6.45, 7) is 5.56. The van der Waals surface area contributed by atoms with Crippen molar-refractivity contribution in [3.63, 3.8) is 0 Å². The van der Waals surface area contributed by atoms with Crippen LogP contribution in [0.4, 0.5) is 0 Å². The fourth-order valence-corrected chi connectivity index (χ4v) is 3.31. The topological polar surface area (TPSA) is 15.6 Å². The Balaban J connectivity index is 2.22. The van der Waals surface area contributed by atoms with Gasteiger partial charge >= 0.3 is 0 Å². The van der Waals surface area contributed by atoms with E-state index in [0.717, 1.165) is 22.0 Å². The molecule has 1 aliphatic rings. The van der Waals surface area contributed by atoms with Gasteiger partial charge in [-0.15, -0.1) is 11.3 Å². The Morgan fingerprint density at radius 2 is 2.11 bits per heavy atom. The summed E-state index contributed by atoms with van der Waals surface area (Å²) >= 11 is 7.67. The standard InChI is InChI=1S/C14H21ClN2S/c1-3-5-7-13-16-14-11(9-12(15)18-14)10-17(13)8-6-4-2/h9-10,13H,3-8H2,1-2H3. The summed E-state index contributed by atoms with van der Waals surface area (Å²) in [6, 6.07) is 2.03. The Labute approximate surface area is 118 Å². The van der Waals surface area contributed by atoms with Crippen LogP contribution in [-0.4, -0.2) is 17.6 Å². The predicted octanol–water partition coefficient (Wildman–Crippen LogP) is 3.39. The summed E-state index contributed by atoms with van der Waals surface area (Å²) < 4.78 is 1.94. The van der Waals surface area contributed by atoms with Crippen LogP contribution in [0.15, 0.2) is 11.1 Å². The highest BCUT2D eigenvalue weighted by molar-refractivity contribution is 7.13. The zero-order chi connectivity index (χ0) is 13.0. The lowest BCUT2D eigenvalue weighted by Crippen LogP contribution is -2.40. The normalized spacial score (nSPS) is 18.2. The van der Waals surface area contributed by atoms with Crippen LogP contribution >= 0.6 is 22.9 Å². The third-order valence-corrected chi connectivity index (χ3v) is 4.44. The molecule has 0 fully saturated rings. The molecule has 0 radical (unpaired) electrons. The lowest BCUT2D eigenvalue weighted by Gasteiger charge is -2.29. The molecule has 2 nitrogen and oxygen atoms in total. The Morgan fingerprint density at radius 1 is 1.33 bits per heavy atom. The van der Waals surface area contributed by atoms with Crippen molar-refractivity contribution in [1.29, 1.82) is 0 Å². The van der Waals surface area contributed by atoms with E-state index in [-0.39, 0.29) is 0 Å². The lowest BCUT2D eigenvalue weighted by molar-refractivity contribution is 0.278. The van der Waals surface area contributed by atoms with Gasteiger partial charge in [0, 0.05) is 18.0 Å². The summed E-state index contributed by atoms with van der Waals surface area (Å²) in [5.41, 5.74) is 0. The maximum Gasteiger partial charge on any atom is 0.123 e. The van der Waals surface area contributed by atoms with Crippen LogP contribution in [0.1, 0.15) is 46.0 Å². The second-order valence-electron chi connectivity index (χ2n) is 4.78. The smallest absolute Gasteiger partial charge is 0.123 e. The number of rotatable bonds is 6. The van der Waals surface area contributed by atoms with Gasteiger partial charge in [0.15, 0.2) is 0 Å². The zero-order valence-corrected chi connectivity index (χ0v) is 12.7. The molecule has 0 saturated carbocycles. The SMILES string of the molecule is CCCCC1N=c2sc(Cl)cc2=CN1CCCC. The van der Waals surface area contributed by atoms with Crippen molar-refractivity contribution in [1.82, 2.24) is 4.90 Å². The first-order chi connectivity index (χ1) is 8.74. The van der Waals surface area contributed by atoms with Gasteiger partial charge in [0.2, 0.25) is 0 Å². The lowest BCUT2D eigenvalue weighted by atomic mass is 10.2.